The first-order valence-corrected chi connectivity index (χ1v) is 10.8. The Balaban J connectivity index is 1.34. The quantitative estimate of drug-likeness (QED) is 0.708. The summed E-state index contributed by atoms with van der Waals surface area (Å²) in [6, 6.07) is 4.47. The minimum absolute atomic E-state index is 0.125. The van der Waals surface area contributed by atoms with Gasteiger partial charge in [-0.2, -0.15) is 0 Å². The Morgan fingerprint density at radius 2 is 1.60 bits per heavy atom. The van der Waals surface area contributed by atoms with Crippen molar-refractivity contribution in [3.05, 3.63) is 29.3 Å². The van der Waals surface area contributed by atoms with Gasteiger partial charge in [0.15, 0.2) is 0 Å². The predicted octanol–water partition coefficient (Wildman–Crippen LogP) is 1.06. The second kappa shape index (κ2) is 7.19. The van der Waals surface area contributed by atoms with Gasteiger partial charge >= 0.3 is 0 Å². The molecular weight excluding hydrogens is 384 g/mol. The molecule has 0 saturated carbocycles. The molecule has 5 rings (SSSR count). The second-order valence-corrected chi connectivity index (χ2v) is 8.91. The Labute approximate surface area is 175 Å². The third-order valence-electron chi connectivity index (χ3n) is 7.28. The molecule has 1 atom stereocenters. The van der Waals surface area contributed by atoms with E-state index < -0.39 is 23.8 Å². The zero-order valence-corrected chi connectivity index (χ0v) is 16.9. The molecule has 0 aliphatic carbocycles. The maximum atomic E-state index is 13.0. The molecule has 3 saturated heterocycles. The van der Waals surface area contributed by atoms with Crippen molar-refractivity contribution in [1.29, 1.82) is 0 Å². The normalized spacial score (nSPS) is 26.2. The molecule has 4 heterocycles. The van der Waals surface area contributed by atoms with Gasteiger partial charge in [-0.15, -0.1) is 0 Å². The van der Waals surface area contributed by atoms with Crippen LogP contribution < -0.4 is 15.5 Å². The fourth-order valence-electron chi connectivity index (χ4n) is 5.35. The van der Waals surface area contributed by atoms with E-state index in [1.165, 1.54) is 12.8 Å². The molecule has 4 amide bonds. The number of nitrogens with one attached hydrogen (secondary N) is 2. The van der Waals surface area contributed by atoms with Crippen LogP contribution in [-0.4, -0.2) is 60.7 Å². The summed E-state index contributed by atoms with van der Waals surface area (Å²) in [4.78, 5) is 52.8. The van der Waals surface area contributed by atoms with Crippen molar-refractivity contribution < 1.29 is 19.2 Å². The van der Waals surface area contributed by atoms with E-state index in [1.807, 2.05) is 6.07 Å². The van der Waals surface area contributed by atoms with E-state index in [2.05, 4.69) is 15.5 Å². The van der Waals surface area contributed by atoms with Crippen LogP contribution in [0.3, 0.4) is 0 Å². The number of carbonyl (C=O) groups is 4. The highest BCUT2D eigenvalue weighted by atomic mass is 16.2. The molecule has 2 N–H and O–H groups in total. The van der Waals surface area contributed by atoms with Crippen LogP contribution >= 0.6 is 0 Å². The third kappa shape index (κ3) is 3.10. The molecule has 4 aliphatic rings. The second-order valence-electron chi connectivity index (χ2n) is 8.91. The zero-order chi connectivity index (χ0) is 20.9. The lowest BCUT2D eigenvalue weighted by molar-refractivity contribution is -0.136. The molecular formula is C22H26N4O4. The Morgan fingerprint density at radius 3 is 2.30 bits per heavy atom. The number of benzene rings is 1. The van der Waals surface area contributed by atoms with Crippen LogP contribution in [0.5, 0.6) is 0 Å². The van der Waals surface area contributed by atoms with Crippen LogP contribution in [-0.2, 0) is 9.59 Å². The van der Waals surface area contributed by atoms with Crippen molar-refractivity contribution in [1.82, 2.24) is 15.5 Å². The largest absolute Gasteiger partial charge is 0.371 e. The van der Waals surface area contributed by atoms with Gasteiger partial charge in [-0.25, -0.2) is 0 Å². The van der Waals surface area contributed by atoms with E-state index in [0.717, 1.165) is 49.6 Å². The molecule has 1 unspecified atom stereocenters. The summed E-state index contributed by atoms with van der Waals surface area (Å²) in [5.74, 6) is -1.85. The average molecular weight is 410 g/mol. The topological polar surface area (TPSA) is 98.8 Å². The Kier molecular flexibility index (Phi) is 4.61. The first-order chi connectivity index (χ1) is 14.5. The number of hydrogen-bond donors (Lipinski definition) is 2. The molecule has 0 aromatic heterocycles. The number of carbonyl (C=O) groups excluding carboxylic acids is 4. The van der Waals surface area contributed by atoms with Crippen LogP contribution in [0, 0.1) is 5.41 Å². The maximum absolute atomic E-state index is 13.0. The van der Waals surface area contributed by atoms with E-state index in [-0.39, 0.29) is 18.7 Å². The predicted molar refractivity (Wildman–Crippen MR) is 109 cm³/mol. The molecule has 158 valence electrons. The summed E-state index contributed by atoms with van der Waals surface area (Å²) in [5.41, 5.74) is 2.07. The van der Waals surface area contributed by atoms with E-state index in [0.29, 0.717) is 16.5 Å². The van der Waals surface area contributed by atoms with Crippen LogP contribution in [0.4, 0.5) is 5.69 Å². The lowest BCUT2D eigenvalue weighted by atomic mass is 9.71. The summed E-state index contributed by atoms with van der Waals surface area (Å²) in [6.45, 7) is 4.06. The van der Waals surface area contributed by atoms with Gasteiger partial charge in [-0.05, 0) is 68.8 Å². The van der Waals surface area contributed by atoms with E-state index >= 15 is 0 Å². The van der Waals surface area contributed by atoms with Gasteiger partial charge in [0.25, 0.3) is 11.8 Å². The monoisotopic (exact) mass is 410 g/mol. The van der Waals surface area contributed by atoms with Crippen molar-refractivity contribution >= 4 is 29.3 Å². The van der Waals surface area contributed by atoms with Crippen molar-refractivity contribution in [2.24, 2.45) is 5.41 Å². The molecule has 1 aromatic carbocycles. The van der Waals surface area contributed by atoms with Gasteiger partial charge in [-0.1, -0.05) is 0 Å². The molecule has 30 heavy (non-hydrogen) atoms. The average Bonchev–Trinajstić information content (AvgIpc) is 2.99. The summed E-state index contributed by atoms with van der Waals surface area (Å²) in [6.07, 6.45) is 5.02. The number of piperidine rings is 3. The van der Waals surface area contributed by atoms with Crippen molar-refractivity contribution in [2.75, 3.05) is 31.1 Å². The molecule has 8 nitrogen and oxygen atoms in total. The van der Waals surface area contributed by atoms with Crippen molar-refractivity contribution in [3.63, 3.8) is 0 Å². The zero-order valence-electron chi connectivity index (χ0n) is 16.9. The Bertz CT molecular complexity index is 927. The first kappa shape index (κ1) is 19.2. The Morgan fingerprint density at radius 1 is 0.900 bits per heavy atom. The number of fused-ring (bicyclic) bond motifs is 1. The summed E-state index contributed by atoms with van der Waals surface area (Å²) >= 11 is 0. The standard InChI is InChI=1S/C22H26N4O4/c27-18-4-3-17(19(28)24-18)26-20(29)15-2-1-14(13-16(15)21(26)30)25-11-7-22(8-12-25)5-9-23-10-6-22/h1-2,13,17,23H,3-12H2,(H,24,27,28). The van der Waals surface area contributed by atoms with Crippen molar-refractivity contribution in [2.45, 2.75) is 44.6 Å². The molecule has 3 fully saturated rings. The van der Waals surface area contributed by atoms with Crippen LogP contribution in [0.1, 0.15) is 59.2 Å². The van der Waals surface area contributed by atoms with E-state index in [4.69, 9.17) is 0 Å². The van der Waals surface area contributed by atoms with Gasteiger partial charge < -0.3 is 10.2 Å². The van der Waals surface area contributed by atoms with Crippen LogP contribution in [0.2, 0.25) is 0 Å². The summed E-state index contributed by atoms with van der Waals surface area (Å²) < 4.78 is 0. The van der Waals surface area contributed by atoms with Crippen molar-refractivity contribution in [3.8, 4) is 0 Å². The molecule has 8 heteroatoms. The highest BCUT2D eigenvalue weighted by Gasteiger charge is 2.45. The van der Waals surface area contributed by atoms with Gasteiger partial charge in [0, 0.05) is 25.2 Å². The summed E-state index contributed by atoms with van der Waals surface area (Å²) in [5, 5.41) is 5.67. The minimum Gasteiger partial charge on any atom is -0.371 e. The molecule has 0 radical (unpaired) electrons. The fourth-order valence-corrected chi connectivity index (χ4v) is 5.35. The number of imide groups is 2. The third-order valence-corrected chi connectivity index (χ3v) is 7.28. The smallest absolute Gasteiger partial charge is 0.262 e. The van der Waals surface area contributed by atoms with Gasteiger partial charge in [0.1, 0.15) is 6.04 Å². The Hall–Kier alpha value is -2.74. The fraction of sp³-hybridized carbons (Fsp3) is 0.545. The SMILES string of the molecule is O=C1CCC(N2C(=O)c3ccc(N4CCC5(CCNCC5)CC4)cc3C2=O)C(=O)N1. The highest BCUT2D eigenvalue weighted by Crippen LogP contribution is 2.41. The van der Waals surface area contributed by atoms with E-state index in [9.17, 15) is 19.2 Å². The highest BCUT2D eigenvalue weighted by molar-refractivity contribution is 6.23. The van der Waals surface area contributed by atoms with Crippen LogP contribution in [0.15, 0.2) is 18.2 Å². The first-order valence-electron chi connectivity index (χ1n) is 10.8. The number of anilines is 1. The lowest BCUT2D eigenvalue weighted by Crippen LogP contribution is -2.54. The lowest BCUT2D eigenvalue weighted by Gasteiger charge is -2.45. The molecule has 1 spiro atoms. The maximum Gasteiger partial charge on any atom is 0.262 e. The molecule has 0 bridgehead atoms. The number of rotatable bonds is 2. The number of hydrogen-bond acceptors (Lipinski definition) is 6. The minimum atomic E-state index is -0.923. The van der Waals surface area contributed by atoms with Gasteiger partial charge in [-0.3, -0.25) is 29.4 Å². The summed E-state index contributed by atoms with van der Waals surface area (Å²) in [7, 11) is 0. The van der Waals surface area contributed by atoms with Gasteiger partial charge in [0.2, 0.25) is 11.8 Å². The van der Waals surface area contributed by atoms with Crippen LogP contribution in [0.25, 0.3) is 0 Å². The van der Waals surface area contributed by atoms with E-state index in [1.54, 1.807) is 12.1 Å². The number of amides is 4. The van der Waals surface area contributed by atoms with Gasteiger partial charge in [0.05, 0.1) is 11.1 Å². The molecule has 1 aromatic rings. The molecule has 4 aliphatic heterocycles. The number of nitrogens with zero attached hydrogens (tertiary/aromatic N) is 2.